The summed E-state index contributed by atoms with van der Waals surface area (Å²) in [5.41, 5.74) is 6.37. The lowest BCUT2D eigenvalue weighted by Gasteiger charge is -2.38. The lowest BCUT2D eigenvalue weighted by Crippen LogP contribution is -2.48. The van der Waals surface area contributed by atoms with Crippen LogP contribution < -0.4 is 19.7 Å². The van der Waals surface area contributed by atoms with E-state index in [1.54, 1.807) is 0 Å². The minimum Gasteiger partial charge on any atom is -0.491 e. The van der Waals surface area contributed by atoms with Gasteiger partial charge in [-0.25, -0.2) is 14.8 Å². The number of rotatable bonds is 20. The van der Waals surface area contributed by atoms with Crippen LogP contribution in [0.4, 0.5) is 10.9 Å². The summed E-state index contributed by atoms with van der Waals surface area (Å²) in [5, 5.41) is 3.57. The van der Waals surface area contributed by atoms with Crippen molar-refractivity contribution in [2.24, 2.45) is 0 Å². The Morgan fingerprint density at radius 3 is 1.93 bits per heavy atom. The number of carbonyl (C=O) groups excluding carboxylic acids is 4. The molecule has 4 aromatic carbocycles. The number of thiazole rings is 1. The van der Waals surface area contributed by atoms with Gasteiger partial charge in [-0.2, -0.15) is 0 Å². The van der Waals surface area contributed by atoms with Gasteiger partial charge in [0.2, 0.25) is 0 Å². The van der Waals surface area contributed by atoms with Gasteiger partial charge < -0.3 is 38.1 Å². The van der Waals surface area contributed by atoms with Gasteiger partial charge in [0.1, 0.15) is 36.1 Å². The smallest absolute Gasteiger partial charge is 0.358 e. The minimum atomic E-state index is -0.737. The van der Waals surface area contributed by atoms with Gasteiger partial charge in [0.25, 0.3) is 5.91 Å². The van der Waals surface area contributed by atoms with Gasteiger partial charge in [0.05, 0.1) is 62.4 Å². The summed E-state index contributed by atoms with van der Waals surface area (Å²) >= 11 is 4.97. The lowest BCUT2D eigenvalue weighted by atomic mass is 9.94. The first kappa shape index (κ1) is 61.6. The maximum absolute atomic E-state index is 13.9. The average molecular weight is 1240 g/mol. The van der Waals surface area contributed by atoms with Crippen molar-refractivity contribution in [1.82, 2.24) is 19.8 Å². The van der Waals surface area contributed by atoms with E-state index >= 15 is 0 Å². The van der Waals surface area contributed by atoms with Crippen molar-refractivity contribution in [3.05, 3.63) is 129 Å². The molecule has 4 bridgehead atoms. The number of para-hydroxylation sites is 1. The van der Waals surface area contributed by atoms with Gasteiger partial charge in [0.15, 0.2) is 10.8 Å². The van der Waals surface area contributed by atoms with Crippen molar-refractivity contribution >= 4 is 72.2 Å². The third-order valence-electron chi connectivity index (χ3n) is 16.8. The number of methoxy groups -OCH3 is 1. The molecule has 0 aliphatic carbocycles. The highest BCUT2D eigenvalue weighted by Gasteiger charge is 2.43. The number of halogens is 1. The van der Waals surface area contributed by atoms with Crippen LogP contribution in [0.25, 0.3) is 21.3 Å². The van der Waals surface area contributed by atoms with E-state index in [1.165, 1.54) is 18.4 Å². The van der Waals surface area contributed by atoms with Gasteiger partial charge in [0, 0.05) is 58.4 Å². The summed E-state index contributed by atoms with van der Waals surface area (Å²) in [6, 6.07) is 30.8. The summed E-state index contributed by atoms with van der Waals surface area (Å²) in [4.78, 5) is 67.7. The van der Waals surface area contributed by atoms with E-state index in [4.69, 9.17) is 38.1 Å². The molecule has 11 rings (SSSR count). The molecular weight excluding hydrogens is 1160 g/mol. The molecule has 5 aliphatic heterocycles. The number of benzene rings is 4. The molecule has 1 amide bonds. The fourth-order valence-corrected chi connectivity index (χ4v) is 14.0. The highest BCUT2D eigenvalue weighted by Crippen LogP contribution is 2.40. The number of hydrogen-bond acceptors (Lipinski definition) is 17. The van der Waals surface area contributed by atoms with Crippen molar-refractivity contribution in [3.63, 3.8) is 0 Å². The van der Waals surface area contributed by atoms with Crippen molar-refractivity contribution in [3.8, 4) is 22.6 Å². The number of anilines is 2. The molecule has 5 aliphatic rings. The number of nitrogens with one attached hydrogen (secondary N) is 1. The maximum atomic E-state index is 13.9. The van der Waals surface area contributed by atoms with Gasteiger partial charge in [-0.1, -0.05) is 69.7 Å². The number of fused-ring (bicyclic) bond motifs is 6. The maximum Gasteiger partial charge on any atom is 0.358 e. The van der Waals surface area contributed by atoms with Crippen molar-refractivity contribution < 1.29 is 52.3 Å². The Kier molecular flexibility index (Phi) is 20.2. The molecule has 1 N–H and O–H groups in total. The van der Waals surface area contributed by atoms with E-state index < -0.39 is 11.6 Å². The topological polar surface area (TPSA) is 180 Å². The predicted octanol–water partition coefficient (Wildman–Crippen LogP) is 11.7. The zero-order valence-corrected chi connectivity index (χ0v) is 52.3. The molecule has 7 heterocycles. The van der Waals surface area contributed by atoms with Crippen LogP contribution in [0.15, 0.2) is 95.5 Å². The van der Waals surface area contributed by atoms with Crippen molar-refractivity contribution in [2.45, 2.75) is 148 Å². The molecule has 0 saturated carbocycles. The fourth-order valence-electron chi connectivity index (χ4n) is 12.7. The number of aromatic nitrogens is 2. The summed E-state index contributed by atoms with van der Waals surface area (Å²) in [7, 11) is 1.44. The first-order chi connectivity index (χ1) is 41.0. The Bertz CT molecular complexity index is 3290. The first-order valence-electron chi connectivity index (χ1n) is 29.9. The van der Waals surface area contributed by atoms with E-state index in [9.17, 15) is 19.2 Å². The predicted molar refractivity (Wildman–Crippen MR) is 332 cm³/mol. The molecule has 2 aromatic heterocycles. The molecule has 85 heavy (non-hydrogen) atoms. The Morgan fingerprint density at radius 2 is 1.31 bits per heavy atom. The number of nitrogens with zero attached hydrogens (tertiary/aromatic N) is 5. The van der Waals surface area contributed by atoms with E-state index in [0.717, 1.165) is 99.6 Å². The third kappa shape index (κ3) is 15.2. The second kappa shape index (κ2) is 27.9. The van der Waals surface area contributed by atoms with Crippen LogP contribution in [-0.4, -0.2) is 145 Å². The second-order valence-electron chi connectivity index (χ2n) is 23.5. The number of pyridine rings is 1. The van der Waals surface area contributed by atoms with Crippen LogP contribution in [0.1, 0.15) is 122 Å². The zero-order chi connectivity index (χ0) is 59.8. The van der Waals surface area contributed by atoms with Crippen LogP contribution in [0.3, 0.4) is 0 Å². The van der Waals surface area contributed by atoms with E-state index in [1.807, 2.05) is 126 Å². The number of piperidine rings is 2. The molecule has 4 fully saturated rings. The summed E-state index contributed by atoms with van der Waals surface area (Å²) in [6.45, 7) is 15.7. The lowest BCUT2D eigenvalue weighted by molar-refractivity contribution is -0.146. The third-order valence-corrected chi connectivity index (χ3v) is 18.7. The SMILES string of the molecule is CCOC(=O)CN1[C@@H]2CC[C@H]1CC(OCCOc1cccc(Br)c1C)C2.COC(=O)CN1[C@@H]2CC[C@H]1CC(OCCOc1cccc(-c3ccc(N4CCc5cccc(C(=O)Nc6nc7ccccc7s6)c5C4)nc3C(=O)OC(C)(C)C)c1C)C2. The number of hydrogen-bond donors (Lipinski definition) is 1. The van der Waals surface area contributed by atoms with Crippen LogP contribution in [-0.2, 0) is 46.2 Å². The Morgan fingerprint density at radius 1 is 0.694 bits per heavy atom. The summed E-state index contributed by atoms with van der Waals surface area (Å²) in [6.07, 6.45) is 9.31. The molecule has 2 unspecified atom stereocenters. The molecule has 6 aromatic rings. The molecule has 0 spiro atoms. The van der Waals surface area contributed by atoms with Gasteiger partial charge in [-0.3, -0.25) is 29.5 Å². The quantitative estimate of drug-likeness (QED) is 0.0433. The number of carbonyl (C=O) groups is 4. The van der Waals surface area contributed by atoms with E-state index in [-0.39, 0.29) is 35.7 Å². The van der Waals surface area contributed by atoms with Crippen LogP contribution in [0, 0.1) is 13.8 Å². The van der Waals surface area contributed by atoms with Crippen LogP contribution in [0.2, 0.25) is 0 Å². The van der Waals surface area contributed by atoms with Crippen LogP contribution in [0.5, 0.6) is 11.5 Å². The van der Waals surface area contributed by atoms with Crippen molar-refractivity contribution in [2.75, 3.05) is 70.0 Å². The van der Waals surface area contributed by atoms with Crippen molar-refractivity contribution in [1.29, 1.82) is 0 Å². The number of ether oxygens (including phenoxy) is 7. The highest BCUT2D eigenvalue weighted by molar-refractivity contribution is 9.10. The van der Waals surface area contributed by atoms with E-state index in [2.05, 4.69) is 47.0 Å². The molecule has 4 saturated heterocycles. The average Bonchev–Trinajstić information content (AvgIpc) is 3.51. The largest absolute Gasteiger partial charge is 0.491 e. The molecule has 0 radical (unpaired) electrons. The van der Waals surface area contributed by atoms with Gasteiger partial charge in [-0.15, -0.1) is 0 Å². The number of esters is 3. The molecule has 6 atom stereocenters. The van der Waals surface area contributed by atoms with Gasteiger partial charge in [-0.05, 0) is 170 Å². The summed E-state index contributed by atoms with van der Waals surface area (Å²) < 4.78 is 42.5. The first-order valence-corrected chi connectivity index (χ1v) is 31.5. The Hall–Kier alpha value is -6.48. The standard InChI is InChI=1S/C46H51N5O7S.C20H28BrNO4/c1-28-33(11-9-14-38(28)57-23-22-56-32-24-30-16-17-31(25-32)51(30)27-41(52)55-5)34-18-19-40(48-42(34)44(54)58-46(2,3)4)50-21-20-29-10-8-12-35(36(29)26-50)43(53)49-45-47-37-13-6-7-15-39(37)59-45;1-3-24-20(23)13-22-15-7-8-16(22)12-17(11-15)25-9-10-26-19-6-4-5-18(21)14(19)2/h6-15,18-19,30-32H,16-17,20-27H2,1-5H3,(H,47,49,53);4-6,15-17H,3,7-13H2,1-2H3/t30-,31+,32?;15-,16+,17?. The van der Waals surface area contributed by atoms with E-state index in [0.29, 0.717) is 118 Å². The fraction of sp³-hybridized carbons (Fsp3) is 0.485. The molecular formula is C66H79BrN6O11S. The Labute approximate surface area is 511 Å². The van der Waals surface area contributed by atoms with Gasteiger partial charge >= 0.3 is 17.9 Å². The van der Waals surface area contributed by atoms with Crippen LogP contribution >= 0.6 is 27.3 Å². The normalized spacial score (nSPS) is 20.9. The zero-order valence-electron chi connectivity index (χ0n) is 49.9. The Balaban J connectivity index is 0.000000257. The summed E-state index contributed by atoms with van der Waals surface area (Å²) in [5.74, 6) is 1.18. The molecule has 452 valence electrons. The highest BCUT2D eigenvalue weighted by atomic mass is 79.9. The second-order valence-corrected chi connectivity index (χ2v) is 25.4. The number of amides is 1. The molecule has 19 heteroatoms. The minimum absolute atomic E-state index is 0.110. The monoisotopic (exact) mass is 1240 g/mol. The molecule has 17 nitrogen and oxygen atoms in total.